The molecule has 0 aromatic carbocycles. The van der Waals surface area contributed by atoms with Gasteiger partial charge < -0.3 is 19.3 Å². The minimum atomic E-state index is -0.385. The van der Waals surface area contributed by atoms with Crippen molar-refractivity contribution < 1.29 is 24.1 Å². The van der Waals surface area contributed by atoms with Crippen molar-refractivity contribution in [1.29, 1.82) is 0 Å². The average molecular weight is 541 g/mol. The molecule has 0 saturated heterocycles. The second-order valence-electron chi connectivity index (χ2n) is 9.24. The first-order valence-corrected chi connectivity index (χ1v) is 12.5. The summed E-state index contributed by atoms with van der Waals surface area (Å²) in [6.07, 6.45) is 3.61. The lowest BCUT2D eigenvalue weighted by Crippen LogP contribution is -2.39. The van der Waals surface area contributed by atoms with Crippen LogP contribution in [0.15, 0.2) is 10.2 Å². The number of carbonyl (C=O) groups is 1. The molecule has 0 saturated carbocycles. The molecule has 0 bridgehead atoms. The lowest BCUT2D eigenvalue weighted by atomic mass is 9.84. The fourth-order valence-corrected chi connectivity index (χ4v) is 4.40. The highest BCUT2D eigenvalue weighted by Crippen LogP contribution is 2.29. The minimum absolute atomic E-state index is 0.0294. The summed E-state index contributed by atoms with van der Waals surface area (Å²) in [5.41, 5.74) is 0. The number of aliphatic hydroxyl groups is 1. The van der Waals surface area contributed by atoms with Crippen LogP contribution < -0.4 is 0 Å². The lowest BCUT2D eigenvalue weighted by Gasteiger charge is -2.34. The Hall–Kier alpha value is -0.180. The Morgan fingerprint density at radius 1 is 0.967 bits per heavy atom. The molecule has 0 aromatic rings. The molecule has 7 atom stereocenters. The van der Waals surface area contributed by atoms with Gasteiger partial charge in [-0.1, -0.05) is 77.1 Å². The van der Waals surface area contributed by atoms with E-state index in [4.69, 9.17) is 14.2 Å². The second-order valence-corrected chi connectivity index (χ2v) is 9.96. The van der Waals surface area contributed by atoms with Gasteiger partial charge in [0.15, 0.2) is 0 Å². The normalized spacial score (nSPS) is 19.5. The molecule has 0 aromatic heterocycles. The largest absolute Gasteiger partial charge is 0.462 e. The van der Waals surface area contributed by atoms with Crippen LogP contribution in [0, 0.1) is 29.6 Å². The molecule has 30 heavy (non-hydrogen) atoms. The summed E-state index contributed by atoms with van der Waals surface area (Å²) in [6, 6.07) is 0. The topological polar surface area (TPSA) is 65.0 Å². The van der Waals surface area contributed by atoms with Crippen molar-refractivity contribution in [3.63, 3.8) is 0 Å². The van der Waals surface area contributed by atoms with Crippen molar-refractivity contribution in [2.24, 2.45) is 29.6 Å². The smallest absolute Gasteiger partial charge is 0.308 e. The Balaban J connectivity index is 5.31. The van der Waals surface area contributed by atoms with Gasteiger partial charge in [0.25, 0.3) is 0 Å². The lowest BCUT2D eigenvalue weighted by molar-refractivity contribution is -0.159. The predicted octanol–water partition coefficient (Wildman–Crippen LogP) is 5.63. The van der Waals surface area contributed by atoms with Gasteiger partial charge >= 0.3 is 5.97 Å². The van der Waals surface area contributed by atoms with E-state index in [2.05, 4.69) is 49.4 Å². The van der Waals surface area contributed by atoms with Gasteiger partial charge in [0, 0.05) is 26.1 Å². The maximum absolute atomic E-state index is 12.4. The summed E-state index contributed by atoms with van der Waals surface area (Å²) in [5.74, 6) is 0.359. The van der Waals surface area contributed by atoms with E-state index in [9.17, 15) is 9.90 Å². The van der Waals surface area contributed by atoms with Crippen LogP contribution in [-0.4, -0.2) is 49.7 Å². The van der Waals surface area contributed by atoms with Crippen molar-refractivity contribution in [2.75, 3.05) is 14.2 Å². The maximum atomic E-state index is 12.4. The van der Waals surface area contributed by atoms with Crippen molar-refractivity contribution in [3.8, 4) is 0 Å². The van der Waals surface area contributed by atoms with Crippen LogP contribution in [0.4, 0.5) is 0 Å². The number of hydrogen-bond donors (Lipinski definition) is 1. The van der Waals surface area contributed by atoms with Crippen LogP contribution in [0.3, 0.4) is 0 Å². The van der Waals surface area contributed by atoms with E-state index in [0.29, 0.717) is 6.42 Å². The Bertz CT molecular complexity index is 494. The number of ether oxygens (including phenoxy) is 3. The zero-order chi connectivity index (χ0) is 23.4. The number of carbonyl (C=O) groups excluding carboxylic acids is 1. The van der Waals surface area contributed by atoms with Gasteiger partial charge in [-0.15, -0.1) is 0 Å². The number of halogens is 1. The van der Waals surface area contributed by atoms with Gasteiger partial charge in [-0.3, -0.25) is 4.79 Å². The molecule has 0 heterocycles. The SMILES string of the molecule is COC(CC(O)C(C)C)C(C)CCC(OC(=O)C(C)C)C(C)C(OC)C(C)/C=C/I. The summed E-state index contributed by atoms with van der Waals surface area (Å²) in [5, 5.41) is 10.3. The van der Waals surface area contributed by atoms with Crippen LogP contribution in [-0.2, 0) is 19.0 Å². The fourth-order valence-electron chi connectivity index (χ4n) is 3.74. The van der Waals surface area contributed by atoms with Crippen molar-refractivity contribution in [3.05, 3.63) is 10.2 Å². The number of hydrogen-bond acceptors (Lipinski definition) is 5. The zero-order valence-electron chi connectivity index (χ0n) is 20.4. The van der Waals surface area contributed by atoms with Crippen LogP contribution in [0.1, 0.15) is 67.7 Å². The Morgan fingerprint density at radius 2 is 1.57 bits per heavy atom. The second kappa shape index (κ2) is 15.6. The van der Waals surface area contributed by atoms with E-state index in [1.54, 1.807) is 14.2 Å². The molecule has 0 radical (unpaired) electrons. The summed E-state index contributed by atoms with van der Waals surface area (Å²) in [7, 11) is 3.42. The molecule has 1 N–H and O–H groups in total. The van der Waals surface area contributed by atoms with Gasteiger partial charge in [-0.2, -0.15) is 0 Å². The highest BCUT2D eigenvalue weighted by Gasteiger charge is 2.33. The summed E-state index contributed by atoms with van der Waals surface area (Å²) < 4.78 is 19.4. The van der Waals surface area contributed by atoms with Gasteiger partial charge in [0.05, 0.1) is 24.2 Å². The molecule has 0 amide bonds. The van der Waals surface area contributed by atoms with E-state index >= 15 is 0 Å². The monoisotopic (exact) mass is 540 g/mol. The van der Waals surface area contributed by atoms with Crippen LogP contribution >= 0.6 is 22.6 Å². The predicted molar refractivity (Wildman–Crippen MR) is 132 cm³/mol. The molecule has 6 heteroatoms. The molecule has 5 nitrogen and oxygen atoms in total. The molecule has 0 aliphatic carbocycles. The molecular weight excluding hydrogens is 495 g/mol. The standard InChI is InChI=1S/C24H45IO5/c1-15(2)20(26)14-22(28-8)17(5)10-11-21(30-24(27)16(3)4)19(7)23(29-9)18(6)12-13-25/h12-13,15-23,26H,10-11,14H2,1-9H3/b13-12+. The van der Waals surface area contributed by atoms with Crippen molar-refractivity contribution in [2.45, 2.75) is 92.1 Å². The third kappa shape index (κ3) is 10.4. The Kier molecular flexibility index (Phi) is 15.5. The van der Waals surface area contributed by atoms with E-state index < -0.39 is 0 Å². The molecular formula is C24H45IO5. The van der Waals surface area contributed by atoms with Gasteiger partial charge in [-0.05, 0) is 35.2 Å². The number of methoxy groups -OCH3 is 2. The fraction of sp³-hybridized carbons (Fsp3) is 0.875. The molecule has 0 fully saturated rings. The number of esters is 1. The Morgan fingerprint density at radius 3 is 2.00 bits per heavy atom. The molecule has 0 aliphatic rings. The first-order valence-electron chi connectivity index (χ1n) is 11.2. The van der Waals surface area contributed by atoms with Gasteiger partial charge in [0.2, 0.25) is 0 Å². The van der Waals surface area contributed by atoms with E-state index in [1.165, 1.54) is 0 Å². The molecule has 0 spiro atoms. The van der Waals surface area contributed by atoms with Gasteiger partial charge in [0.1, 0.15) is 6.10 Å². The van der Waals surface area contributed by atoms with Crippen LogP contribution in [0.2, 0.25) is 0 Å². The summed E-state index contributed by atoms with van der Waals surface area (Å²) in [4.78, 5) is 12.4. The van der Waals surface area contributed by atoms with E-state index in [1.807, 2.05) is 31.8 Å². The number of aliphatic hydroxyl groups excluding tert-OH is 1. The number of rotatable bonds is 15. The first-order chi connectivity index (χ1) is 14.0. The molecule has 0 rings (SSSR count). The van der Waals surface area contributed by atoms with E-state index in [-0.39, 0.29) is 60.0 Å². The molecule has 0 aliphatic heterocycles. The van der Waals surface area contributed by atoms with Crippen molar-refractivity contribution in [1.82, 2.24) is 0 Å². The minimum Gasteiger partial charge on any atom is -0.462 e. The van der Waals surface area contributed by atoms with Crippen molar-refractivity contribution >= 4 is 28.6 Å². The van der Waals surface area contributed by atoms with Crippen LogP contribution in [0.25, 0.3) is 0 Å². The average Bonchev–Trinajstić information content (AvgIpc) is 2.68. The maximum Gasteiger partial charge on any atom is 0.308 e. The summed E-state index contributed by atoms with van der Waals surface area (Å²) >= 11 is 2.22. The quantitative estimate of drug-likeness (QED) is 0.216. The Labute approximate surface area is 198 Å². The summed E-state index contributed by atoms with van der Waals surface area (Å²) in [6.45, 7) is 14.1. The third-order valence-corrected chi connectivity index (χ3v) is 6.51. The highest BCUT2D eigenvalue weighted by molar-refractivity contribution is 14.1. The van der Waals surface area contributed by atoms with E-state index in [0.717, 1.165) is 12.8 Å². The van der Waals surface area contributed by atoms with Gasteiger partial charge in [-0.25, -0.2) is 0 Å². The third-order valence-electron chi connectivity index (χ3n) is 6.10. The first kappa shape index (κ1) is 29.8. The molecule has 178 valence electrons. The highest BCUT2D eigenvalue weighted by atomic mass is 127. The molecule has 7 unspecified atom stereocenters. The zero-order valence-corrected chi connectivity index (χ0v) is 22.6. The van der Waals surface area contributed by atoms with Crippen LogP contribution in [0.5, 0.6) is 0 Å².